The molecular weight excluding hydrogens is 284 g/mol. The molecule has 0 aliphatic carbocycles. The first-order chi connectivity index (χ1) is 8.99. The average molecular weight is 297 g/mol. The predicted molar refractivity (Wildman–Crippen MR) is 74.4 cm³/mol. The van der Waals surface area contributed by atoms with Crippen molar-refractivity contribution < 1.29 is 8.42 Å². The number of pyridine rings is 1. The molecule has 1 atom stereocenters. The van der Waals surface area contributed by atoms with Gasteiger partial charge in [-0.3, -0.25) is 0 Å². The summed E-state index contributed by atoms with van der Waals surface area (Å²) in [6, 6.07) is 11.9. The summed E-state index contributed by atoms with van der Waals surface area (Å²) < 4.78 is 26.9. The second-order valence-corrected chi connectivity index (χ2v) is 6.17. The van der Waals surface area contributed by atoms with E-state index in [0.29, 0.717) is 0 Å². The summed E-state index contributed by atoms with van der Waals surface area (Å²) in [4.78, 5) is 3.87. The predicted octanol–water partition coefficient (Wildman–Crippen LogP) is 2.77. The van der Waals surface area contributed by atoms with Crippen LogP contribution in [0.2, 0.25) is 5.15 Å². The van der Waals surface area contributed by atoms with Crippen LogP contribution < -0.4 is 4.72 Å². The minimum Gasteiger partial charge on any atom is -0.243 e. The summed E-state index contributed by atoms with van der Waals surface area (Å²) in [6.45, 7) is 1.79. The molecule has 6 heteroatoms. The van der Waals surface area contributed by atoms with Gasteiger partial charge in [0.25, 0.3) is 0 Å². The van der Waals surface area contributed by atoms with Gasteiger partial charge in [0.15, 0.2) is 0 Å². The lowest BCUT2D eigenvalue weighted by molar-refractivity contribution is 0.566. The Kier molecular flexibility index (Phi) is 4.19. The second-order valence-electron chi connectivity index (χ2n) is 4.07. The molecule has 100 valence electrons. The van der Waals surface area contributed by atoms with Gasteiger partial charge in [-0.15, -0.1) is 0 Å². The van der Waals surface area contributed by atoms with E-state index in [4.69, 9.17) is 11.6 Å². The molecule has 19 heavy (non-hydrogen) atoms. The first-order valence-corrected chi connectivity index (χ1v) is 7.54. The summed E-state index contributed by atoms with van der Waals surface area (Å²) in [5.41, 5.74) is 0.896. The fourth-order valence-electron chi connectivity index (χ4n) is 1.63. The summed E-state index contributed by atoms with van der Waals surface area (Å²) in [6.07, 6.45) is 1.24. The third kappa shape index (κ3) is 3.53. The lowest BCUT2D eigenvalue weighted by Crippen LogP contribution is -2.26. The number of halogens is 1. The second kappa shape index (κ2) is 5.69. The number of aromatic nitrogens is 1. The molecule has 0 aliphatic heterocycles. The maximum Gasteiger partial charge on any atom is 0.242 e. The molecule has 0 fully saturated rings. The Balaban J connectivity index is 2.20. The quantitative estimate of drug-likeness (QED) is 0.883. The third-order valence-corrected chi connectivity index (χ3v) is 4.39. The van der Waals surface area contributed by atoms with Gasteiger partial charge in [-0.25, -0.2) is 18.1 Å². The Morgan fingerprint density at radius 3 is 2.42 bits per heavy atom. The molecule has 2 rings (SSSR count). The largest absolute Gasteiger partial charge is 0.243 e. The van der Waals surface area contributed by atoms with Crippen LogP contribution in [-0.2, 0) is 10.0 Å². The number of rotatable bonds is 4. The molecule has 1 unspecified atom stereocenters. The van der Waals surface area contributed by atoms with Crippen LogP contribution >= 0.6 is 11.6 Å². The van der Waals surface area contributed by atoms with E-state index in [1.165, 1.54) is 18.3 Å². The Bertz CT molecular complexity index is 642. The summed E-state index contributed by atoms with van der Waals surface area (Å²) >= 11 is 5.64. The van der Waals surface area contributed by atoms with Crippen LogP contribution in [0.15, 0.2) is 53.6 Å². The molecule has 2 aromatic rings. The van der Waals surface area contributed by atoms with E-state index in [1.807, 2.05) is 30.3 Å². The van der Waals surface area contributed by atoms with Gasteiger partial charge in [0, 0.05) is 12.2 Å². The molecule has 0 saturated heterocycles. The summed E-state index contributed by atoms with van der Waals surface area (Å²) in [5, 5.41) is 0.259. The minimum absolute atomic E-state index is 0.0969. The molecule has 0 spiro atoms. The van der Waals surface area contributed by atoms with Gasteiger partial charge in [-0.1, -0.05) is 41.9 Å². The molecule has 0 saturated carbocycles. The zero-order valence-corrected chi connectivity index (χ0v) is 11.8. The normalized spacial score (nSPS) is 13.2. The van der Waals surface area contributed by atoms with E-state index in [1.54, 1.807) is 6.92 Å². The molecule has 4 nitrogen and oxygen atoms in total. The average Bonchev–Trinajstić information content (AvgIpc) is 2.40. The highest BCUT2D eigenvalue weighted by molar-refractivity contribution is 7.89. The standard InChI is InChI=1S/C13H13ClN2O2S/c1-10(11-5-3-2-4-6-11)16-19(17,18)12-7-8-13(14)15-9-12/h2-10,16H,1H3. The molecule has 0 radical (unpaired) electrons. The van der Waals surface area contributed by atoms with E-state index in [0.717, 1.165) is 5.56 Å². The lowest BCUT2D eigenvalue weighted by Gasteiger charge is -2.14. The van der Waals surface area contributed by atoms with Crippen molar-refractivity contribution in [3.8, 4) is 0 Å². The van der Waals surface area contributed by atoms with E-state index >= 15 is 0 Å². The van der Waals surface area contributed by atoms with Gasteiger partial charge in [0.2, 0.25) is 10.0 Å². The van der Waals surface area contributed by atoms with Crippen LogP contribution in [0.4, 0.5) is 0 Å². The van der Waals surface area contributed by atoms with Crippen molar-refractivity contribution in [2.75, 3.05) is 0 Å². The van der Waals surface area contributed by atoms with Crippen LogP contribution in [0.25, 0.3) is 0 Å². The van der Waals surface area contributed by atoms with Crippen LogP contribution in [0.1, 0.15) is 18.5 Å². The van der Waals surface area contributed by atoms with Gasteiger partial charge < -0.3 is 0 Å². The number of benzene rings is 1. The van der Waals surface area contributed by atoms with Crippen LogP contribution in [0.5, 0.6) is 0 Å². The first kappa shape index (κ1) is 14.0. The number of hydrogen-bond acceptors (Lipinski definition) is 3. The highest BCUT2D eigenvalue weighted by Gasteiger charge is 2.18. The van der Waals surface area contributed by atoms with Crippen LogP contribution in [0.3, 0.4) is 0 Å². The highest BCUT2D eigenvalue weighted by atomic mass is 35.5. The third-order valence-electron chi connectivity index (χ3n) is 2.64. The van der Waals surface area contributed by atoms with Crippen molar-refractivity contribution in [3.05, 3.63) is 59.4 Å². The first-order valence-electron chi connectivity index (χ1n) is 5.68. The highest BCUT2D eigenvalue weighted by Crippen LogP contribution is 2.17. The fourth-order valence-corrected chi connectivity index (χ4v) is 2.92. The van der Waals surface area contributed by atoms with Crippen molar-refractivity contribution in [1.82, 2.24) is 9.71 Å². The Hall–Kier alpha value is -1.43. The molecule has 1 heterocycles. The zero-order chi connectivity index (χ0) is 13.9. The molecule has 0 aliphatic rings. The van der Waals surface area contributed by atoms with Crippen molar-refractivity contribution in [2.24, 2.45) is 0 Å². The van der Waals surface area contributed by atoms with Crippen molar-refractivity contribution in [2.45, 2.75) is 17.9 Å². The number of nitrogens with zero attached hydrogens (tertiary/aromatic N) is 1. The van der Waals surface area contributed by atoms with Crippen molar-refractivity contribution in [1.29, 1.82) is 0 Å². The molecular formula is C13H13ClN2O2S. The van der Waals surface area contributed by atoms with Crippen LogP contribution in [0, 0.1) is 0 Å². The van der Waals surface area contributed by atoms with E-state index in [-0.39, 0.29) is 16.1 Å². The maximum atomic E-state index is 12.1. The summed E-state index contributed by atoms with van der Waals surface area (Å²) in [5.74, 6) is 0. The topological polar surface area (TPSA) is 59.1 Å². The Morgan fingerprint density at radius 1 is 1.16 bits per heavy atom. The zero-order valence-electron chi connectivity index (χ0n) is 10.2. The lowest BCUT2D eigenvalue weighted by atomic mass is 10.1. The Morgan fingerprint density at radius 2 is 1.84 bits per heavy atom. The van der Waals surface area contributed by atoms with Gasteiger partial charge in [-0.2, -0.15) is 0 Å². The number of hydrogen-bond donors (Lipinski definition) is 1. The van der Waals surface area contributed by atoms with Gasteiger partial charge in [0.1, 0.15) is 10.0 Å². The van der Waals surface area contributed by atoms with Crippen molar-refractivity contribution >= 4 is 21.6 Å². The van der Waals surface area contributed by atoms with Gasteiger partial charge >= 0.3 is 0 Å². The molecule has 1 aromatic heterocycles. The molecule has 0 amide bonds. The van der Waals surface area contributed by atoms with E-state index in [9.17, 15) is 8.42 Å². The molecule has 1 N–H and O–H groups in total. The Labute approximate surface area is 117 Å². The maximum absolute atomic E-state index is 12.1. The fraction of sp³-hybridized carbons (Fsp3) is 0.154. The number of nitrogens with one attached hydrogen (secondary N) is 1. The summed E-state index contributed by atoms with van der Waals surface area (Å²) in [7, 11) is -3.60. The van der Waals surface area contributed by atoms with Gasteiger partial charge in [0.05, 0.1) is 0 Å². The molecule has 0 bridgehead atoms. The van der Waals surface area contributed by atoms with E-state index in [2.05, 4.69) is 9.71 Å². The number of sulfonamides is 1. The smallest absolute Gasteiger partial charge is 0.242 e. The minimum atomic E-state index is -3.60. The van der Waals surface area contributed by atoms with Crippen molar-refractivity contribution in [3.63, 3.8) is 0 Å². The molecule has 1 aromatic carbocycles. The van der Waals surface area contributed by atoms with Gasteiger partial charge in [-0.05, 0) is 24.6 Å². The SMILES string of the molecule is CC(NS(=O)(=O)c1ccc(Cl)nc1)c1ccccc1. The van der Waals surface area contributed by atoms with E-state index < -0.39 is 10.0 Å². The monoisotopic (exact) mass is 296 g/mol. The van der Waals surface area contributed by atoms with Crippen LogP contribution in [-0.4, -0.2) is 13.4 Å².